The van der Waals surface area contributed by atoms with Crippen LogP contribution in [0.5, 0.6) is 11.5 Å². The molecule has 0 unspecified atom stereocenters. The Kier molecular flexibility index (Phi) is 4.17. The molecule has 0 saturated heterocycles. The number of fused-ring (bicyclic) bond motifs is 2. The number of para-hydroxylation sites is 2. The molecule has 1 aliphatic rings. The zero-order valence-electron chi connectivity index (χ0n) is 14.3. The first-order valence-corrected chi connectivity index (χ1v) is 8.55. The van der Waals surface area contributed by atoms with Crippen molar-refractivity contribution in [3.8, 4) is 11.5 Å². The summed E-state index contributed by atoms with van der Waals surface area (Å²) in [6.07, 6.45) is 0. The zero-order valence-corrected chi connectivity index (χ0v) is 14.3. The summed E-state index contributed by atoms with van der Waals surface area (Å²) in [7, 11) is 0. The quantitative estimate of drug-likeness (QED) is 0.729. The molecule has 0 spiro atoms. The van der Waals surface area contributed by atoms with Crippen LogP contribution >= 0.6 is 0 Å². The molecule has 0 radical (unpaired) electrons. The van der Waals surface area contributed by atoms with Gasteiger partial charge in [-0.1, -0.05) is 54.6 Å². The van der Waals surface area contributed by atoms with E-state index in [9.17, 15) is 9.18 Å². The third-order valence-electron chi connectivity index (χ3n) is 4.67. The van der Waals surface area contributed by atoms with Gasteiger partial charge in [0.15, 0.2) is 0 Å². The number of amides is 1. The molecule has 130 valence electrons. The Balaban J connectivity index is 1.69. The molecule has 4 rings (SSSR count). The lowest BCUT2D eigenvalue weighted by molar-refractivity contribution is -0.122. The van der Waals surface area contributed by atoms with Crippen molar-refractivity contribution in [1.29, 1.82) is 0 Å². The van der Waals surface area contributed by atoms with Gasteiger partial charge in [-0.25, -0.2) is 4.39 Å². The van der Waals surface area contributed by atoms with Gasteiger partial charge in [-0.2, -0.15) is 0 Å². The first kappa shape index (κ1) is 16.3. The third kappa shape index (κ3) is 2.84. The van der Waals surface area contributed by atoms with E-state index in [0.717, 1.165) is 11.1 Å². The molecule has 0 bridgehead atoms. The fourth-order valence-electron chi connectivity index (χ4n) is 3.39. The smallest absolute Gasteiger partial charge is 0.232 e. The number of rotatable bonds is 3. The van der Waals surface area contributed by atoms with Crippen molar-refractivity contribution in [2.45, 2.75) is 18.9 Å². The van der Waals surface area contributed by atoms with Crippen LogP contribution < -0.4 is 10.1 Å². The second-order valence-corrected chi connectivity index (χ2v) is 6.36. The second-order valence-electron chi connectivity index (χ2n) is 6.36. The normalized spacial score (nSPS) is 13.9. The first-order chi connectivity index (χ1) is 12.6. The zero-order chi connectivity index (χ0) is 18.1. The van der Waals surface area contributed by atoms with Crippen molar-refractivity contribution >= 4 is 5.91 Å². The van der Waals surface area contributed by atoms with Gasteiger partial charge in [-0.3, -0.25) is 4.79 Å². The van der Waals surface area contributed by atoms with Crippen LogP contribution in [-0.4, -0.2) is 5.91 Å². The van der Waals surface area contributed by atoms with Gasteiger partial charge in [0.1, 0.15) is 17.3 Å². The number of hydrogen-bond donors (Lipinski definition) is 1. The lowest BCUT2D eigenvalue weighted by Gasteiger charge is -2.28. The van der Waals surface area contributed by atoms with E-state index in [4.69, 9.17) is 4.74 Å². The molecule has 1 aliphatic heterocycles. The number of ether oxygens (including phenoxy) is 1. The molecule has 0 aliphatic carbocycles. The Labute approximate surface area is 151 Å². The van der Waals surface area contributed by atoms with Crippen LogP contribution in [0, 0.1) is 5.82 Å². The molecular formula is C22H18FNO2. The molecule has 0 aromatic heterocycles. The molecule has 0 saturated carbocycles. The van der Waals surface area contributed by atoms with Gasteiger partial charge in [0.05, 0.1) is 12.0 Å². The summed E-state index contributed by atoms with van der Waals surface area (Å²) < 4.78 is 20.0. The van der Waals surface area contributed by atoms with Crippen LogP contribution in [0.3, 0.4) is 0 Å². The molecular weight excluding hydrogens is 329 g/mol. The highest BCUT2D eigenvalue weighted by Gasteiger charge is 2.33. The number of hydrogen-bond acceptors (Lipinski definition) is 2. The van der Waals surface area contributed by atoms with Gasteiger partial charge in [-0.15, -0.1) is 0 Å². The van der Waals surface area contributed by atoms with Gasteiger partial charge in [-0.05, 0) is 25.1 Å². The minimum absolute atomic E-state index is 0.177. The van der Waals surface area contributed by atoms with Gasteiger partial charge in [0.2, 0.25) is 5.91 Å². The van der Waals surface area contributed by atoms with Crippen LogP contribution in [-0.2, 0) is 4.79 Å². The predicted octanol–water partition coefficient (Wildman–Crippen LogP) is 4.94. The third-order valence-corrected chi connectivity index (χ3v) is 4.67. The van der Waals surface area contributed by atoms with E-state index in [-0.39, 0.29) is 11.7 Å². The highest BCUT2D eigenvalue weighted by Crippen LogP contribution is 2.44. The van der Waals surface area contributed by atoms with E-state index in [0.29, 0.717) is 17.1 Å². The Bertz CT molecular complexity index is 924. The highest BCUT2D eigenvalue weighted by atomic mass is 19.1. The summed E-state index contributed by atoms with van der Waals surface area (Å²) in [4.78, 5) is 13.1. The van der Waals surface area contributed by atoms with E-state index >= 15 is 0 Å². The van der Waals surface area contributed by atoms with Gasteiger partial charge < -0.3 is 10.1 Å². The Morgan fingerprint density at radius 3 is 2.08 bits per heavy atom. The van der Waals surface area contributed by atoms with Crippen LogP contribution in [0.2, 0.25) is 0 Å². The molecule has 0 fully saturated rings. The minimum atomic E-state index is -0.495. The van der Waals surface area contributed by atoms with Crippen molar-refractivity contribution < 1.29 is 13.9 Å². The van der Waals surface area contributed by atoms with Crippen molar-refractivity contribution in [2.75, 3.05) is 0 Å². The van der Waals surface area contributed by atoms with E-state index in [1.165, 1.54) is 6.07 Å². The maximum atomic E-state index is 14.0. The highest BCUT2D eigenvalue weighted by molar-refractivity contribution is 5.89. The second kappa shape index (κ2) is 6.64. The van der Waals surface area contributed by atoms with Crippen LogP contribution in [0.4, 0.5) is 4.39 Å². The fraction of sp³-hybridized carbons (Fsp3) is 0.136. The molecule has 3 nitrogen and oxygen atoms in total. The maximum Gasteiger partial charge on any atom is 0.232 e. The van der Waals surface area contributed by atoms with E-state index in [1.807, 2.05) is 48.5 Å². The topological polar surface area (TPSA) is 38.3 Å². The SMILES string of the molecule is C[C@H](NC(=O)C1c2ccccc2Oc2ccccc21)c1ccccc1F. The molecule has 1 atom stereocenters. The average molecular weight is 347 g/mol. The summed E-state index contributed by atoms with van der Waals surface area (Å²) in [5, 5.41) is 2.95. The standard InChI is InChI=1S/C22H18FNO2/c1-14(15-8-2-5-11-18(15)23)24-22(25)21-16-9-3-6-12-19(16)26-20-13-7-4-10-17(20)21/h2-14,21H,1H3,(H,24,25)/t14-/m0/s1. The van der Waals surface area contributed by atoms with Crippen LogP contribution in [0.15, 0.2) is 72.8 Å². The van der Waals surface area contributed by atoms with Crippen molar-refractivity contribution in [3.05, 3.63) is 95.3 Å². The number of halogens is 1. The Morgan fingerprint density at radius 1 is 0.923 bits per heavy atom. The van der Waals surface area contributed by atoms with Crippen LogP contribution in [0.25, 0.3) is 0 Å². The minimum Gasteiger partial charge on any atom is -0.457 e. The maximum absolute atomic E-state index is 14.0. The average Bonchev–Trinajstić information content (AvgIpc) is 2.66. The molecule has 26 heavy (non-hydrogen) atoms. The lowest BCUT2D eigenvalue weighted by Crippen LogP contribution is -2.33. The monoisotopic (exact) mass is 347 g/mol. The van der Waals surface area contributed by atoms with Crippen molar-refractivity contribution in [1.82, 2.24) is 5.32 Å². The summed E-state index contributed by atoms with van der Waals surface area (Å²) in [5.41, 5.74) is 2.09. The van der Waals surface area contributed by atoms with Crippen molar-refractivity contribution in [2.24, 2.45) is 0 Å². The van der Waals surface area contributed by atoms with Gasteiger partial charge >= 0.3 is 0 Å². The molecule has 1 N–H and O–H groups in total. The molecule has 3 aromatic carbocycles. The number of benzene rings is 3. The number of carbonyl (C=O) groups is 1. The van der Waals surface area contributed by atoms with Crippen molar-refractivity contribution in [3.63, 3.8) is 0 Å². The summed E-state index contributed by atoms with van der Waals surface area (Å²) >= 11 is 0. The first-order valence-electron chi connectivity index (χ1n) is 8.55. The lowest BCUT2D eigenvalue weighted by atomic mass is 9.87. The molecule has 1 amide bonds. The van der Waals surface area contributed by atoms with E-state index in [1.54, 1.807) is 25.1 Å². The Morgan fingerprint density at radius 2 is 1.46 bits per heavy atom. The molecule has 4 heteroatoms. The van der Waals surface area contributed by atoms with E-state index < -0.39 is 12.0 Å². The number of nitrogens with one attached hydrogen (secondary N) is 1. The van der Waals surface area contributed by atoms with E-state index in [2.05, 4.69) is 5.32 Å². The number of carbonyl (C=O) groups excluding carboxylic acids is 1. The van der Waals surface area contributed by atoms with Gasteiger partial charge in [0.25, 0.3) is 0 Å². The summed E-state index contributed by atoms with van der Waals surface area (Å²) in [6, 6.07) is 21.1. The van der Waals surface area contributed by atoms with Gasteiger partial charge in [0, 0.05) is 16.7 Å². The molecule has 1 heterocycles. The summed E-state index contributed by atoms with van der Waals surface area (Å²) in [6.45, 7) is 1.79. The summed E-state index contributed by atoms with van der Waals surface area (Å²) in [5.74, 6) is 0.345. The predicted molar refractivity (Wildman–Crippen MR) is 97.8 cm³/mol. The largest absolute Gasteiger partial charge is 0.457 e. The molecule has 3 aromatic rings. The fourth-order valence-corrected chi connectivity index (χ4v) is 3.39. The Hall–Kier alpha value is -3.14. The van der Waals surface area contributed by atoms with Crippen LogP contribution in [0.1, 0.15) is 35.6 Å².